The van der Waals surface area contributed by atoms with E-state index < -0.39 is 0 Å². The predicted molar refractivity (Wildman–Crippen MR) is 121 cm³/mol. The van der Waals surface area contributed by atoms with Gasteiger partial charge in [-0.3, -0.25) is 9.78 Å². The van der Waals surface area contributed by atoms with Gasteiger partial charge in [0.25, 0.3) is 0 Å². The van der Waals surface area contributed by atoms with Crippen molar-refractivity contribution < 1.29 is 4.79 Å². The Labute approximate surface area is 174 Å². The molecule has 1 amide bonds. The number of hydrogen-bond acceptors (Lipinski definition) is 3. The minimum atomic E-state index is 0.0204. The molecule has 3 aromatic rings. The first-order valence-electron chi connectivity index (χ1n) is 10.4. The molecule has 2 heterocycles. The number of nitrogens with zero attached hydrogens (tertiary/aromatic N) is 2. The van der Waals surface area contributed by atoms with E-state index in [9.17, 15) is 4.79 Å². The molecule has 0 atom stereocenters. The summed E-state index contributed by atoms with van der Waals surface area (Å²) in [7, 11) is 2.18. The van der Waals surface area contributed by atoms with E-state index in [1.807, 2.05) is 56.4 Å². The fourth-order valence-electron chi connectivity index (χ4n) is 3.51. The molecule has 1 fully saturated rings. The minimum absolute atomic E-state index is 0.0204. The van der Waals surface area contributed by atoms with Gasteiger partial charge >= 0.3 is 0 Å². The SMILES string of the molecule is CC(C)C(=O)Nc1cccc(C2CCN(C)CC2)c1.c1ccc2ncccc2c1. The number of pyridine rings is 1. The lowest BCUT2D eigenvalue weighted by Gasteiger charge is -2.29. The quantitative estimate of drug-likeness (QED) is 0.659. The monoisotopic (exact) mass is 389 g/mol. The first-order valence-corrected chi connectivity index (χ1v) is 10.4. The molecule has 0 unspecified atom stereocenters. The van der Waals surface area contributed by atoms with Crippen LogP contribution < -0.4 is 5.32 Å². The van der Waals surface area contributed by atoms with Crippen molar-refractivity contribution in [3.8, 4) is 0 Å². The summed E-state index contributed by atoms with van der Waals surface area (Å²) >= 11 is 0. The standard InChI is InChI=1S/C16H24N2O.C9H7N/c1-12(2)16(19)17-15-6-4-5-14(11-15)13-7-9-18(3)10-8-13;1-2-6-9-8(4-1)5-3-7-10-9/h4-6,11-13H,7-10H2,1-3H3,(H,17,19);1-7H. The summed E-state index contributed by atoms with van der Waals surface area (Å²) in [5.74, 6) is 0.736. The van der Waals surface area contributed by atoms with E-state index in [2.05, 4.69) is 46.5 Å². The number of fused-ring (bicyclic) bond motifs is 1. The van der Waals surface area contributed by atoms with Crippen molar-refractivity contribution in [2.45, 2.75) is 32.6 Å². The Morgan fingerprint density at radius 1 is 1.03 bits per heavy atom. The van der Waals surface area contributed by atoms with Crippen LogP contribution in [-0.4, -0.2) is 35.9 Å². The topological polar surface area (TPSA) is 45.2 Å². The zero-order valence-electron chi connectivity index (χ0n) is 17.6. The van der Waals surface area contributed by atoms with Crippen LogP contribution in [0.2, 0.25) is 0 Å². The largest absolute Gasteiger partial charge is 0.326 e. The van der Waals surface area contributed by atoms with Gasteiger partial charge in [-0.2, -0.15) is 0 Å². The van der Waals surface area contributed by atoms with E-state index in [0.29, 0.717) is 5.92 Å². The highest BCUT2D eigenvalue weighted by Gasteiger charge is 2.18. The van der Waals surface area contributed by atoms with Gasteiger partial charge < -0.3 is 10.2 Å². The Kier molecular flexibility index (Phi) is 7.36. The first kappa shape index (κ1) is 21.0. The maximum absolute atomic E-state index is 11.7. The summed E-state index contributed by atoms with van der Waals surface area (Å²) < 4.78 is 0. The summed E-state index contributed by atoms with van der Waals surface area (Å²) in [5.41, 5.74) is 3.34. The van der Waals surface area contributed by atoms with E-state index >= 15 is 0 Å². The molecule has 0 radical (unpaired) electrons. The average Bonchev–Trinajstić information content (AvgIpc) is 2.75. The van der Waals surface area contributed by atoms with Crippen LogP contribution in [0.5, 0.6) is 0 Å². The van der Waals surface area contributed by atoms with Gasteiger partial charge in [-0.05, 0) is 68.7 Å². The Morgan fingerprint density at radius 2 is 1.76 bits per heavy atom. The molecule has 4 rings (SSSR count). The number of carbonyl (C=O) groups excluding carboxylic acids is 1. The van der Waals surface area contributed by atoms with Crippen LogP contribution in [0.1, 0.15) is 38.2 Å². The summed E-state index contributed by atoms with van der Waals surface area (Å²) in [6.07, 6.45) is 4.22. The normalized spacial score (nSPS) is 15.0. The molecule has 29 heavy (non-hydrogen) atoms. The molecule has 0 bridgehead atoms. The predicted octanol–water partition coefficient (Wildman–Crippen LogP) is 5.33. The Morgan fingerprint density at radius 3 is 2.48 bits per heavy atom. The molecule has 152 valence electrons. The maximum atomic E-state index is 11.7. The molecule has 0 aliphatic carbocycles. The molecule has 0 saturated carbocycles. The van der Waals surface area contributed by atoms with Crippen molar-refractivity contribution in [2.75, 3.05) is 25.5 Å². The first-order chi connectivity index (χ1) is 14.0. The minimum Gasteiger partial charge on any atom is -0.326 e. The lowest BCUT2D eigenvalue weighted by Crippen LogP contribution is -2.29. The summed E-state index contributed by atoms with van der Waals surface area (Å²) in [6.45, 7) is 6.15. The van der Waals surface area contributed by atoms with Crippen LogP contribution in [0.3, 0.4) is 0 Å². The Hall–Kier alpha value is -2.72. The number of aromatic nitrogens is 1. The van der Waals surface area contributed by atoms with E-state index in [0.717, 1.165) is 24.3 Å². The number of rotatable bonds is 3. The van der Waals surface area contributed by atoms with Crippen LogP contribution in [-0.2, 0) is 4.79 Å². The molecular formula is C25H31N3O. The van der Waals surface area contributed by atoms with Crippen molar-refractivity contribution in [2.24, 2.45) is 5.92 Å². The molecule has 4 nitrogen and oxygen atoms in total. The summed E-state index contributed by atoms with van der Waals surface area (Å²) in [5, 5.41) is 4.18. The maximum Gasteiger partial charge on any atom is 0.226 e. The number of likely N-dealkylation sites (tertiary alicyclic amines) is 1. The van der Waals surface area contributed by atoms with Gasteiger partial charge in [0.1, 0.15) is 0 Å². The number of benzene rings is 2. The van der Waals surface area contributed by atoms with Gasteiger partial charge in [0, 0.05) is 23.2 Å². The van der Waals surface area contributed by atoms with E-state index in [4.69, 9.17) is 0 Å². The fourth-order valence-corrected chi connectivity index (χ4v) is 3.51. The Balaban J connectivity index is 0.000000200. The second-order valence-corrected chi connectivity index (χ2v) is 8.04. The molecule has 4 heteroatoms. The Bertz CT molecular complexity index is 865. The third-order valence-electron chi connectivity index (χ3n) is 5.38. The van der Waals surface area contributed by atoms with Crippen LogP contribution in [0.4, 0.5) is 5.69 Å². The van der Waals surface area contributed by atoms with Crippen LogP contribution >= 0.6 is 0 Å². The summed E-state index contributed by atoms with van der Waals surface area (Å²) in [6, 6.07) is 20.4. The zero-order chi connectivity index (χ0) is 20.6. The fraction of sp³-hybridized carbons (Fsp3) is 0.360. The number of piperidine rings is 1. The van der Waals surface area contributed by atoms with Gasteiger partial charge in [0.05, 0.1) is 5.52 Å². The molecule has 2 aromatic carbocycles. The molecule has 1 aliphatic heterocycles. The van der Waals surface area contributed by atoms with Gasteiger partial charge in [-0.15, -0.1) is 0 Å². The number of amides is 1. The van der Waals surface area contributed by atoms with Gasteiger partial charge in [0.15, 0.2) is 0 Å². The molecule has 1 N–H and O–H groups in total. The van der Waals surface area contributed by atoms with Crippen molar-refractivity contribution >= 4 is 22.5 Å². The number of para-hydroxylation sites is 1. The van der Waals surface area contributed by atoms with E-state index in [1.165, 1.54) is 23.8 Å². The summed E-state index contributed by atoms with van der Waals surface area (Å²) in [4.78, 5) is 18.3. The van der Waals surface area contributed by atoms with Crippen LogP contribution in [0.25, 0.3) is 10.9 Å². The number of carbonyl (C=O) groups is 1. The van der Waals surface area contributed by atoms with Crippen molar-refractivity contribution in [3.63, 3.8) is 0 Å². The molecule has 1 saturated heterocycles. The van der Waals surface area contributed by atoms with Crippen LogP contribution in [0, 0.1) is 5.92 Å². The highest BCUT2D eigenvalue weighted by atomic mass is 16.1. The lowest BCUT2D eigenvalue weighted by molar-refractivity contribution is -0.118. The smallest absolute Gasteiger partial charge is 0.226 e. The second-order valence-electron chi connectivity index (χ2n) is 8.04. The van der Waals surface area contributed by atoms with Crippen molar-refractivity contribution in [3.05, 3.63) is 72.4 Å². The van der Waals surface area contributed by atoms with E-state index in [-0.39, 0.29) is 11.8 Å². The zero-order valence-corrected chi connectivity index (χ0v) is 17.6. The van der Waals surface area contributed by atoms with Crippen LogP contribution in [0.15, 0.2) is 66.9 Å². The molecular weight excluding hydrogens is 358 g/mol. The van der Waals surface area contributed by atoms with Crippen molar-refractivity contribution in [1.29, 1.82) is 0 Å². The highest BCUT2D eigenvalue weighted by molar-refractivity contribution is 5.92. The lowest BCUT2D eigenvalue weighted by atomic mass is 9.89. The van der Waals surface area contributed by atoms with Crippen molar-refractivity contribution in [1.82, 2.24) is 9.88 Å². The third kappa shape index (κ3) is 6.13. The number of nitrogens with one attached hydrogen (secondary N) is 1. The van der Waals surface area contributed by atoms with Gasteiger partial charge in [0.2, 0.25) is 5.91 Å². The van der Waals surface area contributed by atoms with E-state index in [1.54, 1.807) is 0 Å². The molecule has 0 spiro atoms. The molecule has 1 aliphatic rings. The van der Waals surface area contributed by atoms with Gasteiger partial charge in [-0.1, -0.05) is 50.2 Å². The third-order valence-corrected chi connectivity index (χ3v) is 5.38. The highest BCUT2D eigenvalue weighted by Crippen LogP contribution is 2.29. The number of hydrogen-bond donors (Lipinski definition) is 1. The van der Waals surface area contributed by atoms with Gasteiger partial charge in [-0.25, -0.2) is 0 Å². The number of anilines is 1. The second kappa shape index (κ2) is 10.2. The average molecular weight is 390 g/mol. The molecule has 1 aromatic heterocycles.